The first-order valence-corrected chi connectivity index (χ1v) is 10.6. The van der Waals surface area contributed by atoms with Crippen molar-refractivity contribution >= 4 is 9.84 Å². The average molecular weight is 314 g/mol. The Morgan fingerprint density at radius 1 is 1.10 bits per heavy atom. The molecule has 0 spiro atoms. The fourth-order valence-corrected chi connectivity index (χ4v) is 5.22. The van der Waals surface area contributed by atoms with E-state index >= 15 is 0 Å². The van der Waals surface area contributed by atoms with Crippen molar-refractivity contribution in [3.05, 3.63) is 0 Å². The summed E-state index contributed by atoms with van der Waals surface area (Å²) in [5.74, 6) is 0.762. The molecule has 0 aromatic heterocycles. The lowest BCUT2D eigenvalue weighted by molar-refractivity contribution is 0.0987. The molecular weight excluding hydrogens is 284 g/mol. The summed E-state index contributed by atoms with van der Waals surface area (Å²) < 4.78 is 23.7. The molecule has 1 N–H and O–H groups in total. The molecule has 3 aliphatic rings. The largest absolute Gasteiger partial charge is 0.314 e. The van der Waals surface area contributed by atoms with Crippen LogP contribution in [0.3, 0.4) is 0 Å². The molecule has 5 heteroatoms. The van der Waals surface area contributed by atoms with Crippen molar-refractivity contribution in [2.24, 2.45) is 5.92 Å². The van der Waals surface area contributed by atoms with Gasteiger partial charge in [0.15, 0.2) is 0 Å². The Labute approximate surface area is 129 Å². The van der Waals surface area contributed by atoms with Crippen LogP contribution in [0.5, 0.6) is 0 Å². The van der Waals surface area contributed by atoms with Gasteiger partial charge in [-0.25, -0.2) is 8.42 Å². The summed E-state index contributed by atoms with van der Waals surface area (Å²) in [5, 5.41) is 3.56. The Kier molecular flexibility index (Phi) is 4.91. The second kappa shape index (κ2) is 6.55. The lowest BCUT2D eigenvalue weighted by atomic mass is 9.90. The first-order chi connectivity index (χ1) is 10.0. The Morgan fingerprint density at radius 3 is 2.62 bits per heavy atom. The van der Waals surface area contributed by atoms with E-state index < -0.39 is 9.84 Å². The summed E-state index contributed by atoms with van der Waals surface area (Å²) in [6.45, 7) is 3.49. The van der Waals surface area contributed by atoms with Crippen LogP contribution < -0.4 is 5.32 Å². The third-order valence-corrected chi connectivity index (χ3v) is 7.18. The predicted molar refractivity (Wildman–Crippen MR) is 86.2 cm³/mol. The van der Waals surface area contributed by atoms with Crippen LogP contribution in [0.15, 0.2) is 0 Å². The number of likely N-dealkylation sites (tertiary alicyclic amines) is 1. The lowest BCUT2D eigenvalue weighted by Gasteiger charge is -2.41. The van der Waals surface area contributed by atoms with Crippen LogP contribution in [0.2, 0.25) is 0 Å². The highest BCUT2D eigenvalue weighted by atomic mass is 32.2. The number of nitrogens with one attached hydrogen (secondary N) is 1. The van der Waals surface area contributed by atoms with Crippen LogP contribution >= 0.6 is 0 Å². The van der Waals surface area contributed by atoms with E-state index in [-0.39, 0.29) is 5.25 Å². The van der Waals surface area contributed by atoms with Crippen LogP contribution in [0, 0.1) is 5.92 Å². The molecule has 0 aromatic rings. The smallest absolute Gasteiger partial charge is 0.150 e. The summed E-state index contributed by atoms with van der Waals surface area (Å²) in [7, 11) is -2.86. The Bertz CT molecular complexity index is 447. The molecule has 21 heavy (non-hydrogen) atoms. The highest BCUT2D eigenvalue weighted by Gasteiger charge is 2.34. The molecule has 0 aromatic carbocycles. The van der Waals surface area contributed by atoms with E-state index in [9.17, 15) is 8.42 Å². The molecule has 0 bridgehead atoms. The third kappa shape index (κ3) is 4.42. The first-order valence-electron chi connectivity index (χ1n) is 8.68. The van der Waals surface area contributed by atoms with Gasteiger partial charge in [0, 0.05) is 24.9 Å². The lowest BCUT2D eigenvalue weighted by Crippen LogP contribution is -2.48. The van der Waals surface area contributed by atoms with Crippen molar-refractivity contribution in [3.63, 3.8) is 0 Å². The number of sulfone groups is 1. The van der Waals surface area contributed by atoms with Crippen molar-refractivity contribution in [1.29, 1.82) is 0 Å². The third-order valence-electron chi connectivity index (χ3n) is 5.54. The molecule has 3 fully saturated rings. The molecule has 2 saturated carbocycles. The van der Waals surface area contributed by atoms with Gasteiger partial charge in [-0.15, -0.1) is 0 Å². The van der Waals surface area contributed by atoms with Crippen molar-refractivity contribution in [2.45, 2.75) is 68.7 Å². The van der Waals surface area contributed by atoms with Gasteiger partial charge in [-0.05, 0) is 64.0 Å². The van der Waals surface area contributed by atoms with Crippen molar-refractivity contribution in [1.82, 2.24) is 10.2 Å². The summed E-state index contributed by atoms with van der Waals surface area (Å²) in [6.07, 6.45) is 10.7. The maximum absolute atomic E-state index is 11.8. The molecular formula is C16H30N2O2S. The predicted octanol–water partition coefficient (Wildman–Crippen LogP) is 1.81. The highest BCUT2D eigenvalue weighted by Crippen LogP contribution is 2.30. The van der Waals surface area contributed by atoms with E-state index in [0.717, 1.165) is 37.8 Å². The van der Waals surface area contributed by atoms with Crippen molar-refractivity contribution in [2.75, 3.05) is 25.9 Å². The van der Waals surface area contributed by atoms with Gasteiger partial charge in [-0.1, -0.05) is 6.42 Å². The monoisotopic (exact) mass is 314 g/mol. The zero-order chi connectivity index (χ0) is 14.9. The molecule has 4 nitrogen and oxygen atoms in total. The molecule has 122 valence electrons. The molecule has 3 atom stereocenters. The standard InChI is InChI=1S/C16H30N2O2S/c1-21(19,20)16-6-2-5-15(10-16)18-9-3-4-13(12-18)11-17-14-7-8-14/h13-17H,2-12H2,1H3. The zero-order valence-electron chi connectivity index (χ0n) is 13.3. The van der Waals surface area contributed by atoms with E-state index in [1.54, 1.807) is 0 Å². The molecule has 1 aliphatic heterocycles. The first kappa shape index (κ1) is 15.8. The second-order valence-corrected chi connectivity index (χ2v) is 9.78. The maximum atomic E-state index is 11.8. The normalized spacial score (nSPS) is 35.8. The Hall–Kier alpha value is -0.130. The number of piperidine rings is 1. The van der Waals surface area contributed by atoms with E-state index in [1.807, 2.05) is 0 Å². The van der Waals surface area contributed by atoms with Gasteiger partial charge in [0.1, 0.15) is 9.84 Å². The van der Waals surface area contributed by atoms with E-state index in [4.69, 9.17) is 0 Å². The SMILES string of the molecule is CS(=O)(=O)C1CCCC(N2CCCC(CNC3CC3)C2)C1. The number of nitrogens with zero attached hydrogens (tertiary/aromatic N) is 1. The molecule has 3 unspecified atom stereocenters. The van der Waals surface area contributed by atoms with Gasteiger partial charge in [0.05, 0.1) is 5.25 Å². The molecule has 2 aliphatic carbocycles. The van der Waals surface area contributed by atoms with E-state index in [2.05, 4.69) is 10.2 Å². The molecule has 0 amide bonds. The number of hydrogen-bond donors (Lipinski definition) is 1. The summed E-state index contributed by atoms with van der Waals surface area (Å²) >= 11 is 0. The summed E-state index contributed by atoms with van der Waals surface area (Å²) in [5.41, 5.74) is 0. The number of rotatable bonds is 5. The molecule has 1 heterocycles. The van der Waals surface area contributed by atoms with Gasteiger partial charge >= 0.3 is 0 Å². The molecule has 1 saturated heterocycles. The highest BCUT2D eigenvalue weighted by molar-refractivity contribution is 7.91. The van der Waals surface area contributed by atoms with Gasteiger partial charge in [-0.2, -0.15) is 0 Å². The number of hydrogen-bond acceptors (Lipinski definition) is 4. The van der Waals surface area contributed by atoms with Gasteiger partial charge in [0.2, 0.25) is 0 Å². The topological polar surface area (TPSA) is 49.4 Å². The van der Waals surface area contributed by atoms with Crippen molar-refractivity contribution < 1.29 is 8.42 Å². The fourth-order valence-electron chi connectivity index (χ4n) is 4.06. The quantitative estimate of drug-likeness (QED) is 0.841. The summed E-state index contributed by atoms with van der Waals surface area (Å²) in [6, 6.07) is 1.30. The van der Waals surface area contributed by atoms with Gasteiger partial charge in [-0.3, -0.25) is 0 Å². The van der Waals surface area contributed by atoms with Crippen LogP contribution in [0.1, 0.15) is 51.4 Å². The van der Waals surface area contributed by atoms with Crippen LogP contribution in [0.25, 0.3) is 0 Å². The van der Waals surface area contributed by atoms with Crippen molar-refractivity contribution in [3.8, 4) is 0 Å². The van der Waals surface area contributed by atoms with Gasteiger partial charge in [0.25, 0.3) is 0 Å². The second-order valence-electron chi connectivity index (χ2n) is 7.46. The van der Waals surface area contributed by atoms with E-state index in [1.165, 1.54) is 51.4 Å². The minimum Gasteiger partial charge on any atom is -0.314 e. The zero-order valence-corrected chi connectivity index (χ0v) is 14.1. The minimum absolute atomic E-state index is 0.0961. The Balaban J connectivity index is 1.52. The van der Waals surface area contributed by atoms with Crippen LogP contribution in [0.4, 0.5) is 0 Å². The fraction of sp³-hybridized carbons (Fsp3) is 1.00. The molecule has 3 rings (SSSR count). The van der Waals surface area contributed by atoms with E-state index in [0.29, 0.717) is 6.04 Å². The van der Waals surface area contributed by atoms with Crippen LogP contribution in [-0.4, -0.2) is 56.5 Å². The Morgan fingerprint density at radius 2 is 1.90 bits per heavy atom. The minimum atomic E-state index is -2.86. The molecule has 0 radical (unpaired) electrons. The van der Waals surface area contributed by atoms with Crippen LogP contribution in [-0.2, 0) is 9.84 Å². The van der Waals surface area contributed by atoms with Gasteiger partial charge < -0.3 is 10.2 Å². The maximum Gasteiger partial charge on any atom is 0.150 e. The summed E-state index contributed by atoms with van der Waals surface area (Å²) in [4.78, 5) is 2.60. The average Bonchev–Trinajstić information content (AvgIpc) is 3.29.